The minimum absolute atomic E-state index is 0.105. The van der Waals surface area contributed by atoms with Gasteiger partial charge in [-0.3, -0.25) is 4.98 Å². The first kappa shape index (κ1) is 17.1. The molecule has 0 fully saturated rings. The Balaban J connectivity index is 1.59. The summed E-state index contributed by atoms with van der Waals surface area (Å²) < 4.78 is 30.3. The summed E-state index contributed by atoms with van der Waals surface area (Å²) in [6.07, 6.45) is 4.03. The number of para-hydroxylation sites is 1. The normalized spacial score (nSPS) is 17.3. The molecular formula is C18H21N5O2S. The Morgan fingerprint density at radius 2 is 2.12 bits per heavy atom. The Bertz CT molecular complexity index is 1040. The van der Waals surface area contributed by atoms with Crippen molar-refractivity contribution in [1.82, 2.24) is 24.5 Å². The maximum Gasteiger partial charge on any atom is 0.216 e. The zero-order valence-electron chi connectivity index (χ0n) is 14.6. The maximum absolute atomic E-state index is 12.8. The van der Waals surface area contributed by atoms with E-state index in [9.17, 15) is 8.42 Å². The van der Waals surface area contributed by atoms with E-state index in [-0.39, 0.29) is 11.8 Å². The highest BCUT2D eigenvalue weighted by atomic mass is 32.2. The minimum Gasteiger partial charge on any atom is -0.256 e. The second-order valence-electron chi connectivity index (χ2n) is 6.53. The zero-order valence-corrected chi connectivity index (χ0v) is 15.4. The fourth-order valence-corrected chi connectivity index (χ4v) is 4.79. The van der Waals surface area contributed by atoms with Crippen molar-refractivity contribution in [3.05, 3.63) is 53.7 Å². The molecule has 1 N–H and O–H groups in total. The topological polar surface area (TPSA) is 89.8 Å². The predicted molar refractivity (Wildman–Crippen MR) is 98.9 cm³/mol. The summed E-state index contributed by atoms with van der Waals surface area (Å²) in [6.45, 7) is 2.78. The largest absolute Gasteiger partial charge is 0.256 e. The second kappa shape index (κ2) is 6.77. The molecule has 1 aliphatic rings. The van der Waals surface area contributed by atoms with Gasteiger partial charge in [0.15, 0.2) is 5.82 Å². The van der Waals surface area contributed by atoms with Crippen LogP contribution in [-0.2, 0) is 28.7 Å². The number of sulfonamides is 1. The van der Waals surface area contributed by atoms with Crippen molar-refractivity contribution in [2.75, 3.05) is 0 Å². The number of nitrogens with zero attached hydrogens (tertiary/aromatic N) is 4. The lowest BCUT2D eigenvalue weighted by molar-refractivity contribution is 0.399. The maximum atomic E-state index is 12.8. The molecule has 26 heavy (non-hydrogen) atoms. The fourth-order valence-electron chi connectivity index (χ4n) is 3.41. The molecule has 2 aromatic heterocycles. The second-order valence-corrected chi connectivity index (χ2v) is 8.28. The molecule has 0 radical (unpaired) electrons. The first-order valence-electron chi connectivity index (χ1n) is 8.82. The number of rotatable bonds is 5. The number of benzene rings is 1. The summed E-state index contributed by atoms with van der Waals surface area (Å²) in [5.41, 5.74) is 1.42. The molecule has 0 bridgehead atoms. The molecule has 0 amide bonds. The minimum atomic E-state index is -3.54. The summed E-state index contributed by atoms with van der Waals surface area (Å²) in [5, 5.41) is 5.37. The van der Waals surface area contributed by atoms with E-state index in [2.05, 4.69) is 19.8 Å². The summed E-state index contributed by atoms with van der Waals surface area (Å²) >= 11 is 0. The summed E-state index contributed by atoms with van der Waals surface area (Å²) in [6, 6.07) is 9.06. The first-order valence-corrected chi connectivity index (χ1v) is 10.5. The number of hydrogen-bond acceptors (Lipinski definition) is 5. The van der Waals surface area contributed by atoms with Gasteiger partial charge in [0, 0.05) is 24.5 Å². The monoisotopic (exact) mass is 371 g/mol. The average Bonchev–Trinajstić information content (AvgIpc) is 3.06. The summed E-state index contributed by atoms with van der Waals surface area (Å²) in [4.78, 5) is 8.85. The number of aryl methyl sites for hydroxylation is 2. The average molecular weight is 371 g/mol. The lowest BCUT2D eigenvalue weighted by Gasteiger charge is -2.23. The van der Waals surface area contributed by atoms with Gasteiger partial charge in [-0.2, -0.15) is 5.10 Å². The highest BCUT2D eigenvalue weighted by molar-refractivity contribution is 7.88. The SMILES string of the molecule is CCc1nc2n(n1)CCCC2NS(=O)(=O)Cc1cccc2cccnc12. The Hall–Kier alpha value is -2.32. The van der Waals surface area contributed by atoms with E-state index >= 15 is 0 Å². The third kappa shape index (κ3) is 3.34. The van der Waals surface area contributed by atoms with Crippen LogP contribution < -0.4 is 4.72 Å². The molecule has 3 aromatic rings. The first-order chi connectivity index (χ1) is 12.6. The van der Waals surface area contributed by atoms with E-state index in [0.29, 0.717) is 11.4 Å². The molecule has 136 valence electrons. The van der Waals surface area contributed by atoms with E-state index in [1.807, 2.05) is 41.9 Å². The van der Waals surface area contributed by atoms with Gasteiger partial charge >= 0.3 is 0 Å². The smallest absolute Gasteiger partial charge is 0.216 e. The third-order valence-electron chi connectivity index (χ3n) is 4.62. The van der Waals surface area contributed by atoms with Gasteiger partial charge in [-0.05, 0) is 24.5 Å². The lowest BCUT2D eigenvalue weighted by atomic mass is 10.1. The van der Waals surface area contributed by atoms with Crippen LogP contribution >= 0.6 is 0 Å². The molecule has 0 saturated heterocycles. The highest BCUT2D eigenvalue weighted by Gasteiger charge is 2.28. The molecule has 1 aromatic carbocycles. The Morgan fingerprint density at radius 3 is 2.96 bits per heavy atom. The zero-order chi connectivity index (χ0) is 18.1. The van der Waals surface area contributed by atoms with E-state index in [1.165, 1.54) is 0 Å². The van der Waals surface area contributed by atoms with Crippen LogP contribution in [0.3, 0.4) is 0 Å². The quantitative estimate of drug-likeness (QED) is 0.743. The number of pyridine rings is 1. The van der Waals surface area contributed by atoms with Gasteiger partial charge in [0.25, 0.3) is 0 Å². The van der Waals surface area contributed by atoms with Crippen molar-refractivity contribution in [2.24, 2.45) is 0 Å². The number of aromatic nitrogens is 4. The standard InChI is InChI=1S/C18H21N5O2S/c1-2-16-20-18-15(9-5-11-23(18)21-16)22-26(24,25)12-14-7-3-6-13-8-4-10-19-17(13)14/h3-4,6-8,10,15,22H,2,5,9,11-12H2,1H3. The van der Waals surface area contributed by atoms with Crippen molar-refractivity contribution < 1.29 is 8.42 Å². The Morgan fingerprint density at radius 1 is 1.27 bits per heavy atom. The number of hydrogen-bond donors (Lipinski definition) is 1. The van der Waals surface area contributed by atoms with Gasteiger partial charge in [-0.1, -0.05) is 31.2 Å². The van der Waals surface area contributed by atoms with E-state index < -0.39 is 10.0 Å². The lowest BCUT2D eigenvalue weighted by Crippen LogP contribution is -2.34. The van der Waals surface area contributed by atoms with Gasteiger partial charge < -0.3 is 0 Å². The number of fused-ring (bicyclic) bond motifs is 2. The molecular weight excluding hydrogens is 350 g/mol. The van der Waals surface area contributed by atoms with Gasteiger partial charge in [0.05, 0.1) is 17.3 Å². The Kier molecular flexibility index (Phi) is 4.46. The molecule has 0 spiro atoms. The van der Waals surface area contributed by atoms with Crippen molar-refractivity contribution >= 4 is 20.9 Å². The van der Waals surface area contributed by atoms with Gasteiger partial charge in [0.1, 0.15) is 5.82 Å². The van der Waals surface area contributed by atoms with Crippen molar-refractivity contribution in [3.8, 4) is 0 Å². The summed E-state index contributed by atoms with van der Waals surface area (Å²) in [5.74, 6) is 1.36. The molecule has 3 heterocycles. The van der Waals surface area contributed by atoms with Gasteiger partial charge in [-0.15, -0.1) is 0 Å². The van der Waals surface area contributed by atoms with Gasteiger partial charge in [-0.25, -0.2) is 22.8 Å². The molecule has 1 aliphatic heterocycles. The van der Waals surface area contributed by atoms with Crippen LogP contribution in [0.1, 0.15) is 43.0 Å². The van der Waals surface area contributed by atoms with Crippen LogP contribution in [0.5, 0.6) is 0 Å². The fraction of sp³-hybridized carbons (Fsp3) is 0.389. The third-order valence-corrected chi connectivity index (χ3v) is 5.95. The summed E-state index contributed by atoms with van der Waals surface area (Å²) in [7, 11) is -3.54. The van der Waals surface area contributed by atoms with E-state index in [1.54, 1.807) is 6.20 Å². The van der Waals surface area contributed by atoms with Crippen LogP contribution in [0.15, 0.2) is 36.5 Å². The molecule has 7 nitrogen and oxygen atoms in total. The van der Waals surface area contributed by atoms with Crippen molar-refractivity contribution in [2.45, 2.75) is 44.5 Å². The molecule has 4 rings (SSSR count). The molecule has 1 unspecified atom stereocenters. The molecule has 8 heteroatoms. The molecule has 0 aliphatic carbocycles. The highest BCUT2D eigenvalue weighted by Crippen LogP contribution is 2.25. The van der Waals surface area contributed by atoms with Crippen LogP contribution in [0, 0.1) is 0 Å². The van der Waals surface area contributed by atoms with Crippen LogP contribution in [0.2, 0.25) is 0 Å². The van der Waals surface area contributed by atoms with Crippen LogP contribution in [-0.4, -0.2) is 28.2 Å². The number of nitrogens with one attached hydrogen (secondary N) is 1. The van der Waals surface area contributed by atoms with Gasteiger partial charge in [0.2, 0.25) is 10.0 Å². The van der Waals surface area contributed by atoms with Crippen molar-refractivity contribution in [3.63, 3.8) is 0 Å². The van der Waals surface area contributed by atoms with Crippen LogP contribution in [0.25, 0.3) is 10.9 Å². The predicted octanol–water partition coefficient (Wildman–Crippen LogP) is 2.34. The Labute approximate surface area is 152 Å². The van der Waals surface area contributed by atoms with Crippen LogP contribution in [0.4, 0.5) is 0 Å². The molecule has 1 atom stereocenters. The van der Waals surface area contributed by atoms with E-state index in [4.69, 9.17) is 0 Å². The van der Waals surface area contributed by atoms with Crippen molar-refractivity contribution in [1.29, 1.82) is 0 Å². The van der Waals surface area contributed by atoms with E-state index in [0.717, 1.165) is 42.5 Å². The molecule has 0 saturated carbocycles.